The molecule has 0 heterocycles. The second kappa shape index (κ2) is 9.10. The molecular weight excluding hydrogens is 336 g/mol. The Kier molecular flexibility index (Phi) is 7.13. The Morgan fingerprint density at radius 2 is 1.64 bits per heavy atom. The van der Waals surface area contributed by atoms with Crippen LogP contribution in [0, 0.1) is 0 Å². The molecule has 6 heteroatoms. The second-order valence-corrected chi connectivity index (χ2v) is 8.17. The first kappa shape index (κ1) is 19.6. The SMILES string of the molecule is CC(C)NCc1ccc(S(=O)(=O)N(CCO)Cc2ccccc2)cc1. The van der Waals surface area contributed by atoms with Gasteiger partial charge in [-0.2, -0.15) is 4.31 Å². The van der Waals surface area contributed by atoms with Crippen molar-refractivity contribution in [1.29, 1.82) is 0 Å². The molecule has 0 saturated carbocycles. The summed E-state index contributed by atoms with van der Waals surface area (Å²) in [7, 11) is -3.66. The Morgan fingerprint density at radius 1 is 1.00 bits per heavy atom. The molecule has 0 aliphatic carbocycles. The minimum atomic E-state index is -3.66. The van der Waals surface area contributed by atoms with Gasteiger partial charge in [0.25, 0.3) is 0 Å². The average molecular weight is 362 g/mol. The van der Waals surface area contributed by atoms with Crippen molar-refractivity contribution in [2.75, 3.05) is 13.2 Å². The van der Waals surface area contributed by atoms with E-state index in [-0.39, 0.29) is 24.6 Å². The lowest BCUT2D eigenvalue weighted by atomic mass is 10.2. The molecule has 0 bridgehead atoms. The predicted octanol–water partition coefficient (Wildman–Crippen LogP) is 2.37. The molecule has 0 spiro atoms. The van der Waals surface area contributed by atoms with Gasteiger partial charge >= 0.3 is 0 Å². The molecule has 2 aromatic carbocycles. The van der Waals surface area contributed by atoms with E-state index in [4.69, 9.17) is 0 Å². The summed E-state index contributed by atoms with van der Waals surface area (Å²) in [6, 6.07) is 16.6. The van der Waals surface area contributed by atoms with Crippen molar-refractivity contribution in [3.8, 4) is 0 Å². The Morgan fingerprint density at radius 3 is 2.20 bits per heavy atom. The molecule has 5 nitrogen and oxygen atoms in total. The fraction of sp³-hybridized carbons (Fsp3) is 0.368. The largest absolute Gasteiger partial charge is 0.395 e. The molecule has 0 amide bonds. The summed E-state index contributed by atoms with van der Waals surface area (Å²) in [6.45, 7) is 4.91. The van der Waals surface area contributed by atoms with E-state index in [1.807, 2.05) is 42.5 Å². The molecule has 0 saturated heterocycles. The third-order valence-electron chi connectivity index (χ3n) is 3.83. The predicted molar refractivity (Wildman–Crippen MR) is 99.5 cm³/mol. The summed E-state index contributed by atoms with van der Waals surface area (Å²) >= 11 is 0. The summed E-state index contributed by atoms with van der Waals surface area (Å²) in [6.07, 6.45) is 0. The van der Waals surface area contributed by atoms with Gasteiger partial charge in [0.1, 0.15) is 0 Å². The van der Waals surface area contributed by atoms with Crippen molar-refractivity contribution in [1.82, 2.24) is 9.62 Å². The van der Waals surface area contributed by atoms with Crippen LogP contribution in [0.5, 0.6) is 0 Å². The molecule has 2 N–H and O–H groups in total. The van der Waals surface area contributed by atoms with E-state index in [0.717, 1.165) is 11.1 Å². The van der Waals surface area contributed by atoms with Gasteiger partial charge in [-0.05, 0) is 23.3 Å². The van der Waals surface area contributed by atoms with Crippen LogP contribution in [0.3, 0.4) is 0 Å². The van der Waals surface area contributed by atoms with Gasteiger partial charge in [-0.1, -0.05) is 56.3 Å². The number of sulfonamides is 1. The number of benzene rings is 2. The summed E-state index contributed by atoms with van der Waals surface area (Å²) in [5.74, 6) is 0. The van der Waals surface area contributed by atoms with Gasteiger partial charge in [0, 0.05) is 25.7 Å². The van der Waals surface area contributed by atoms with E-state index in [1.54, 1.807) is 12.1 Å². The van der Waals surface area contributed by atoms with Crippen LogP contribution in [0.25, 0.3) is 0 Å². The van der Waals surface area contributed by atoms with Crippen LogP contribution < -0.4 is 5.32 Å². The third-order valence-corrected chi connectivity index (χ3v) is 5.69. The maximum Gasteiger partial charge on any atom is 0.243 e. The zero-order valence-electron chi connectivity index (χ0n) is 14.7. The third kappa shape index (κ3) is 5.64. The number of rotatable bonds is 9. The molecule has 0 fully saturated rings. The number of aliphatic hydroxyl groups excluding tert-OH is 1. The highest BCUT2D eigenvalue weighted by molar-refractivity contribution is 7.89. The first-order valence-corrected chi connectivity index (χ1v) is 9.84. The lowest BCUT2D eigenvalue weighted by Crippen LogP contribution is -2.33. The lowest BCUT2D eigenvalue weighted by Gasteiger charge is -2.21. The average Bonchev–Trinajstić information content (AvgIpc) is 2.61. The van der Waals surface area contributed by atoms with Gasteiger partial charge in [-0.25, -0.2) is 8.42 Å². The topological polar surface area (TPSA) is 69.6 Å². The van der Waals surface area contributed by atoms with E-state index in [1.165, 1.54) is 4.31 Å². The zero-order chi connectivity index (χ0) is 18.3. The zero-order valence-corrected chi connectivity index (χ0v) is 15.5. The van der Waals surface area contributed by atoms with Crippen LogP contribution in [0.2, 0.25) is 0 Å². The second-order valence-electron chi connectivity index (χ2n) is 6.23. The van der Waals surface area contributed by atoms with E-state index >= 15 is 0 Å². The molecule has 25 heavy (non-hydrogen) atoms. The maximum atomic E-state index is 12.9. The number of hydrogen-bond donors (Lipinski definition) is 2. The number of aliphatic hydroxyl groups is 1. The van der Waals surface area contributed by atoms with Crippen LogP contribution in [0.1, 0.15) is 25.0 Å². The summed E-state index contributed by atoms with van der Waals surface area (Å²) in [5.41, 5.74) is 1.92. The van der Waals surface area contributed by atoms with E-state index < -0.39 is 10.0 Å². The van der Waals surface area contributed by atoms with Crippen LogP contribution in [0.15, 0.2) is 59.5 Å². The molecule has 0 atom stereocenters. The van der Waals surface area contributed by atoms with Gasteiger partial charge in [-0.3, -0.25) is 0 Å². The van der Waals surface area contributed by atoms with Crippen LogP contribution in [-0.2, 0) is 23.1 Å². The van der Waals surface area contributed by atoms with E-state index in [9.17, 15) is 13.5 Å². The molecular formula is C19H26N2O3S. The van der Waals surface area contributed by atoms with E-state index in [0.29, 0.717) is 12.6 Å². The molecule has 0 aliphatic rings. The molecule has 2 aromatic rings. The first-order valence-electron chi connectivity index (χ1n) is 8.40. The maximum absolute atomic E-state index is 12.9. The minimum absolute atomic E-state index is 0.0634. The Bertz CT molecular complexity index is 744. The Balaban J connectivity index is 2.18. The lowest BCUT2D eigenvalue weighted by molar-refractivity contribution is 0.251. The molecule has 0 unspecified atom stereocenters. The molecule has 136 valence electrons. The molecule has 0 radical (unpaired) electrons. The fourth-order valence-electron chi connectivity index (χ4n) is 2.43. The van der Waals surface area contributed by atoms with Gasteiger partial charge in [-0.15, -0.1) is 0 Å². The van der Waals surface area contributed by atoms with Gasteiger partial charge < -0.3 is 10.4 Å². The molecule has 2 rings (SSSR count). The summed E-state index contributed by atoms with van der Waals surface area (Å²) in [4.78, 5) is 0.241. The van der Waals surface area contributed by atoms with Crippen LogP contribution in [0.4, 0.5) is 0 Å². The van der Waals surface area contributed by atoms with Crippen LogP contribution in [-0.4, -0.2) is 37.0 Å². The fourth-order valence-corrected chi connectivity index (χ4v) is 3.85. The summed E-state index contributed by atoms with van der Waals surface area (Å²) in [5, 5.41) is 12.6. The number of hydrogen-bond acceptors (Lipinski definition) is 4. The van der Waals surface area contributed by atoms with Crippen molar-refractivity contribution in [3.63, 3.8) is 0 Å². The number of nitrogens with zero attached hydrogens (tertiary/aromatic N) is 1. The normalized spacial score (nSPS) is 12.0. The smallest absolute Gasteiger partial charge is 0.243 e. The minimum Gasteiger partial charge on any atom is -0.395 e. The standard InChI is InChI=1S/C19H26N2O3S/c1-16(2)20-14-17-8-10-19(11-9-17)25(23,24)21(12-13-22)15-18-6-4-3-5-7-18/h3-11,16,20,22H,12-15H2,1-2H3. The highest BCUT2D eigenvalue weighted by Crippen LogP contribution is 2.19. The summed E-state index contributed by atoms with van der Waals surface area (Å²) < 4.78 is 27.1. The van der Waals surface area contributed by atoms with Gasteiger partial charge in [0.15, 0.2) is 0 Å². The first-order chi connectivity index (χ1) is 11.9. The van der Waals surface area contributed by atoms with Crippen molar-refractivity contribution in [2.45, 2.75) is 37.9 Å². The Hall–Kier alpha value is -1.73. The van der Waals surface area contributed by atoms with Crippen molar-refractivity contribution in [3.05, 3.63) is 65.7 Å². The highest BCUT2D eigenvalue weighted by Gasteiger charge is 2.24. The Labute approximate surface area is 150 Å². The highest BCUT2D eigenvalue weighted by atomic mass is 32.2. The molecule has 0 aromatic heterocycles. The monoisotopic (exact) mass is 362 g/mol. The quantitative estimate of drug-likeness (QED) is 0.718. The van der Waals surface area contributed by atoms with Crippen molar-refractivity contribution >= 4 is 10.0 Å². The van der Waals surface area contributed by atoms with Crippen LogP contribution >= 0.6 is 0 Å². The van der Waals surface area contributed by atoms with Gasteiger partial charge in [0.05, 0.1) is 11.5 Å². The van der Waals surface area contributed by atoms with E-state index in [2.05, 4.69) is 19.2 Å². The molecule has 0 aliphatic heterocycles. The van der Waals surface area contributed by atoms with Crippen molar-refractivity contribution < 1.29 is 13.5 Å². The van der Waals surface area contributed by atoms with Crippen molar-refractivity contribution in [2.24, 2.45) is 0 Å². The van der Waals surface area contributed by atoms with Gasteiger partial charge in [0.2, 0.25) is 10.0 Å². The number of nitrogens with one attached hydrogen (secondary N) is 1.